The summed E-state index contributed by atoms with van der Waals surface area (Å²) in [6.07, 6.45) is 3.99. The molecule has 1 aromatic carbocycles. The van der Waals surface area contributed by atoms with Gasteiger partial charge in [0.25, 0.3) is 0 Å². The van der Waals surface area contributed by atoms with E-state index >= 15 is 0 Å². The van der Waals surface area contributed by atoms with Gasteiger partial charge in [-0.1, -0.05) is 11.6 Å². The summed E-state index contributed by atoms with van der Waals surface area (Å²) in [6, 6.07) is 6.20. The molecule has 1 aromatic heterocycles. The van der Waals surface area contributed by atoms with Crippen molar-refractivity contribution in [2.45, 2.75) is 43.3 Å². The Morgan fingerprint density at radius 2 is 2.00 bits per heavy atom. The van der Waals surface area contributed by atoms with E-state index in [1.807, 2.05) is 18.2 Å². The first kappa shape index (κ1) is 25.1. The van der Waals surface area contributed by atoms with E-state index in [0.29, 0.717) is 54.5 Å². The lowest BCUT2D eigenvalue weighted by Gasteiger charge is -2.34. The number of halogens is 1. The molecule has 2 aromatic rings. The Balaban J connectivity index is 1.04. The van der Waals surface area contributed by atoms with E-state index < -0.39 is 5.41 Å². The van der Waals surface area contributed by atoms with E-state index in [4.69, 9.17) is 30.8 Å². The number of anilines is 3. The van der Waals surface area contributed by atoms with Crippen LogP contribution >= 0.6 is 11.6 Å². The minimum Gasteiger partial charge on any atom is -0.497 e. The quantitative estimate of drug-likeness (QED) is 0.396. The van der Waals surface area contributed by atoms with Crippen LogP contribution < -0.4 is 35.9 Å². The predicted molar refractivity (Wildman–Crippen MR) is 146 cm³/mol. The van der Waals surface area contributed by atoms with Crippen molar-refractivity contribution >= 4 is 35.0 Å². The second-order valence-corrected chi connectivity index (χ2v) is 11.6. The van der Waals surface area contributed by atoms with E-state index in [1.54, 1.807) is 14.2 Å². The van der Waals surface area contributed by atoms with Crippen LogP contribution in [0.4, 0.5) is 17.5 Å². The number of carbonyl (C=O) groups is 1. The summed E-state index contributed by atoms with van der Waals surface area (Å²) < 4.78 is 16.5. The van der Waals surface area contributed by atoms with Crippen molar-refractivity contribution in [2.24, 2.45) is 17.8 Å². The maximum Gasteiger partial charge on any atom is 0.235 e. The molecule has 208 valence electrons. The standard InChI is InChI=1S/C27H34ClN7O4/c1-37-15-4-6-19-17(12-15)27(25(36)29-19)13-18(27)14-3-5-16-20(11-14)33-34-23(16)31-26-30-22(28)21(38-2)24(32-26)35-7-9-39-10-8-35/h4,6,12,14,16,18,20,23,33-34H,3,5,7-11,13H2,1-2H3,(H,29,36)(H,30,31,32)/t14?,16?,18-,20?,23?,27-/m0/s1. The first-order chi connectivity index (χ1) is 19.0. The van der Waals surface area contributed by atoms with E-state index in [2.05, 4.69) is 31.4 Å². The Labute approximate surface area is 232 Å². The zero-order valence-corrected chi connectivity index (χ0v) is 22.9. The Morgan fingerprint density at radius 3 is 2.79 bits per heavy atom. The normalized spacial score (nSPS) is 32.9. The third kappa shape index (κ3) is 4.09. The van der Waals surface area contributed by atoms with Gasteiger partial charge in [-0.3, -0.25) is 10.2 Å². The molecule has 2 saturated heterocycles. The number of nitrogens with one attached hydrogen (secondary N) is 4. The van der Waals surface area contributed by atoms with Crippen LogP contribution in [0.15, 0.2) is 18.2 Å². The van der Waals surface area contributed by atoms with Crippen LogP contribution in [0, 0.1) is 17.8 Å². The number of hydrogen-bond acceptors (Lipinski definition) is 10. The number of morpholine rings is 1. The summed E-state index contributed by atoms with van der Waals surface area (Å²) in [5.74, 6) is 3.75. The molecule has 6 atom stereocenters. The summed E-state index contributed by atoms with van der Waals surface area (Å²) in [5, 5.41) is 6.88. The highest BCUT2D eigenvalue weighted by Gasteiger charge is 2.67. The summed E-state index contributed by atoms with van der Waals surface area (Å²) in [4.78, 5) is 24.5. The molecule has 5 aliphatic rings. The minimum atomic E-state index is -0.408. The summed E-state index contributed by atoms with van der Waals surface area (Å²) >= 11 is 6.51. The molecule has 3 aliphatic heterocycles. The van der Waals surface area contributed by atoms with Gasteiger partial charge in [0.1, 0.15) is 5.75 Å². The van der Waals surface area contributed by atoms with Gasteiger partial charge in [0.2, 0.25) is 11.9 Å². The lowest BCUT2D eigenvalue weighted by atomic mass is 9.74. The fraction of sp³-hybridized carbons (Fsp3) is 0.593. The number of fused-ring (bicyclic) bond motifs is 3. The van der Waals surface area contributed by atoms with Gasteiger partial charge >= 0.3 is 0 Å². The van der Waals surface area contributed by atoms with Gasteiger partial charge in [-0.05, 0) is 61.3 Å². The maximum atomic E-state index is 13.1. The molecular formula is C27H34ClN7O4. The van der Waals surface area contributed by atoms with Crippen LogP contribution in [0.2, 0.25) is 5.15 Å². The Kier molecular flexibility index (Phi) is 6.22. The fourth-order valence-corrected chi connectivity index (χ4v) is 7.54. The number of nitrogens with zero attached hydrogens (tertiary/aromatic N) is 3. The molecule has 11 nitrogen and oxygen atoms in total. The molecular weight excluding hydrogens is 522 g/mol. The highest BCUT2D eigenvalue weighted by Crippen LogP contribution is 2.65. The molecule has 0 radical (unpaired) electrons. The molecule has 4 N–H and O–H groups in total. The lowest BCUT2D eigenvalue weighted by molar-refractivity contribution is -0.118. The smallest absolute Gasteiger partial charge is 0.235 e. The van der Waals surface area contributed by atoms with Crippen LogP contribution in [0.3, 0.4) is 0 Å². The molecule has 39 heavy (non-hydrogen) atoms. The largest absolute Gasteiger partial charge is 0.497 e. The second-order valence-electron chi connectivity index (χ2n) is 11.2. The number of carbonyl (C=O) groups excluding carboxylic acids is 1. The van der Waals surface area contributed by atoms with Gasteiger partial charge in [0.05, 0.1) is 39.0 Å². The highest BCUT2D eigenvalue weighted by molar-refractivity contribution is 6.31. The first-order valence-corrected chi connectivity index (χ1v) is 14.1. The Hall–Kier alpha value is -2.86. The molecule has 0 bridgehead atoms. The molecule has 7 rings (SSSR count). The maximum absolute atomic E-state index is 13.1. The molecule has 1 amide bonds. The number of aromatic nitrogens is 2. The van der Waals surface area contributed by atoms with Crippen LogP contribution in [-0.2, 0) is 14.9 Å². The van der Waals surface area contributed by atoms with Crippen LogP contribution in [-0.4, -0.2) is 68.6 Å². The third-order valence-corrected chi connectivity index (χ3v) is 9.60. The van der Waals surface area contributed by atoms with Crippen molar-refractivity contribution in [1.82, 2.24) is 20.8 Å². The van der Waals surface area contributed by atoms with Gasteiger partial charge in [0, 0.05) is 30.7 Å². The highest BCUT2D eigenvalue weighted by atomic mass is 35.5. The number of ether oxygens (including phenoxy) is 3. The zero-order chi connectivity index (χ0) is 26.7. The molecule has 4 fully saturated rings. The average molecular weight is 556 g/mol. The van der Waals surface area contributed by atoms with E-state index in [1.165, 1.54) is 0 Å². The molecule has 4 heterocycles. The van der Waals surface area contributed by atoms with Crippen molar-refractivity contribution in [2.75, 3.05) is 56.1 Å². The lowest BCUT2D eigenvalue weighted by Crippen LogP contribution is -2.40. The summed E-state index contributed by atoms with van der Waals surface area (Å²) in [6.45, 7) is 2.71. The van der Waals surface area contributed by atoms with E-state index in [-0.39, 0.29) is 17.2 Å². The minimum absolute atomic E-state index is 0.0362. The van der Waals surface area contributed by atoms with Crippen LogP contribution in [0.5, 0.6) is 11.5 Å². The van der Waals surface area contributed by atoms with Crippen molar-refractivity contribution < 1.29 is 19.0 Å². The van der Waals surface area contributed by atoms with Crippen molar-refractivity contribution in [3.63, 3.8) is 0 Å². The molecule has 2 saturated carbocycles. The van der Waals surface area contributed by atoms with Crippen molar-refractivity contribution in [3.05, 3.63) is 28.9 Å². The number of hydrogen-bond donors (Lipinski definition) is 4. The number of amides is 1. The third-order valence-electron chi connectivity index (χ3n) is 9.35. The number of methoxy groups -OCH3 is 2. The summed E-state index contributed by atoms with van der Waals surface area (Å²) in [5.41, 5.74) is 8.56. The van der Waals surface area contributed by atoms with Gasteiger partial charge in [-0.2, -0.15) is 9.97 Å². The first-order valence-electron chi connectivity index (χ1n) is 13.7. The van der Waals surface area contributed by atoms with Crippen LogP contribution in [0.1, 0.15) is 31.2 Å². The van der Waals surface area contributed by atoms with Crippen LogP contribution in [0.25, 0.3) is 0 Å². The monoisotopic (exact) mass is 555 g/mol. The number of benzene rings is 1. The van der Waals surface area contributed by atoms with Gasteiger partial charge in [-0.15, -0.1) is 0 Å². The zero-order valence-electron chi connectivity index (χ0n) is 22.1. The van der Waals surface area contributed by atoms with E-state index in [9.17, 15) is 4.79 Å². The van der Waals surface area contributed by atoms with Gasteiger partial charge < -0.3 is 29.7 Å². The molecule has 2 aliphatic carbocycles. The van der Waals surface area contributed by atoms with E-state index in [0.717, 1.165) is 55.8 Å². The summed E-state index contributed by atoms with van der Waals surface area (Å²) in [7, 11) is 3.25. The topological polar surface area (TPSA) is 122 Å². The predicted octanol–water partition coefficient (Wildman–Crippen LogP) is 2.52. The van der Waals surface area contributed by atoms with Crippen molar-refractivity contribution in [1.29, 1.82) is 0 Å². The van der Waals surface area contributed by atoms with Gasteiger partial charge in [-0.25, -0.2) is 5.43 Å². The number of rotatable bonds is 6. The molecule has 1 spiro atoms. The van der Waals surface area contributed by atoms with Gasteiger partial charge in [0.15, 0.2) is 16.7 Å². The molecule has 4 unspecified atom stereocenters. The Bertz CT molecular complexity index is 1290. The fourth-order valence-electron chi connectivity index (χ4n) is 7.30. The second kappa shape index (κ2) is 9.65. The van der Waals surface area contributed by atoms with Crippen molar-refractivity contribution in [3.8, 4) is 11.5 Å². The molecule has 12 heteroatoms. The number of hydrazine groups is 1. The average Bonchev–Trinajstić information content (AvgIpc) is 3.51. The SMILES string of the molecule is COc1ccc2c(c1)[C@]1(C[C@H]1C1CCC3C(C1)NNC3Nc1nc(Cl)c(OC)c(N3CCOCC3)n1)C(=O)N2. The Morgan fingerprint density at radius 1 is 1.15 bits per heavy atom.